The van der Waals surface area contributed by atoms with Crippen molar-refractivity contribution < 1.29 is 4.79 Å². The number of hydrogen-bond acceptors (Lipinski definition) is 6. The van der Waals surface area contributed by atoms with Crippen LogP contribution in [0.2, 0.25) is 0 Å². The Labute approximate surface area is 172 Å². The molecule has 0 fully saturated rings. The third-order valence-electron chi connectivity index (χ3n) is 4.49. The first-order valence-corrected chi connectivity index (χ1v) is 9.79. The summed E-state index contributed by atoms with van der Waals surface area (Å²) in [7, 11) is 0. The molecule has 0 N–H and O–H groups in total. The number of rotatable bonds is 6. The number of anilines is 2. The maximum absolute atomic E-state index is 11.3. The van der Waals surface area contributed by atoms with E-state index in [1.165, 1.54) is 11.3 Å². The van der Waals surface area contributed by atoms with Crippen molar-refractivity contribution >= 4 is 28.4 Å². The molecule has 0 unspecified atom stereocenters. The van der Waals surface area contributed by atoms with Gasteiger partial charge >= 0.3 is 0 Å². The van der Waals surface area contributed by atoms with E-state index in [-0.39, 0.29) is 0 Å². The predicted molar refractivity (Wildman–Crippen MR) is 113 cm³/mol. The van der Waals surface area contributed by atoms with Crippen LogP contribution in [0.15, 0.2) is 67.0 Å². The van der Waals surface area contributed by atoms with E-state index >= 15 is 0 Å². The highest BCUT2D eigenvalue weighted by molar-refractivity contribution is 7.15. The van der Waals surface area contributed by atoms with Gasteiger partial charge in [-0.15, -0.1) is 11.3 Å². The van der Waals surface area contributed by atoms with Crippen LogP contribution >= 0.6 is 11.3 Å². The summed E-state index contributed by atoms with van der Waals surface area (Å²) < 4.78 is 1.81. The number of carbonyl (C=O) groups is 1. The molecule has 0 atom stereocenters. The number of carbonyl (C=O) groups excluding carboxylic acids is 1. The van der Waals surface area contributed by atoms with Crippen LogP contribution in [0.4, 0.5) is 10.8 Å². The second-order valence-electron chi connectivity index (χ2n) is 6.42. The number of nitriles is 1. The van der Waals surface area contributed by atoms with E-state index in [0.29, 0.717) is 17.8 Å². The minimum Gasteiger partial charge on any atom is -0.313 e. The topological polar surface area (TPSA) is 74.8 Å². The highest BCUT2D eigenvalue weighted by atomic mass is 32.1. The van der Waals surface area contributed by atoms with E-state index in [1.807, 2.05) is 59.1 Å². The first kappa shape index (κ1) is 18.6. The van der Waals surface area contributed by atoms with Crippen LogP contribution in [-0.4, -0.2) is 21.1 Å². The molecule has 0 saturated carbocycles. The van der Waals surface area contributed by atoms with Crippen molar-refractivity contribution in [1.29, 1.82) is 5.26 Å². The normalized spacial score (nSPS) is 10.5. The van der Waals surface area contributed by atoms with E-state index in [1.54, 1.807) is 18.3 Å². The standard InChI is InChI=1S/C22H17N5OS/c1-16-21(15-28)25-22(29-16)26(19-8-6-17(13-23)7-9-19)14-18-4-2-5-20(12-18)27-11-3-10-24-27/h2-12,15H,14H2,1H3. The number of aromatic nitrogens is 3. The molecule has 0 saturated heterocycles. The zero-order chi connectivity index (χ0) is 20.2. The third-order valence-corrected chi connectivity index (χ3v) is 5.50. The molecule has 0 aliphatic carbocycles. The van der Waals surface area contributed by atoms with Crippen LogP contribution in [0.25, 0.3) is 5.69 Å². The quantitative estimate of drug-likeness (QED) is 0.441. The molecular weight excluding hydrogens is 382 g/mol. The van der Waals surface area contributed by atoms with Crippen molar-refractivity contribution in [3.63, 3.8) is 0 Å². The summed E-state index contributed by atoms with van der Waals surface area (Å²) >= 11 is 1.47. The molecule has 29 heavy (non-hydrogen) atoms. The molecule has 4 aromatic rings. The Morgan fingerprint density at radius 1 is 1.21 bits per heavy atom. The monoisotopic (exact) mass is 399 g/mol. The van der Waals surface area contributed by atoms with Crippen LogP contribution in [0.1, 0.15) is 26.5 Å². The van der Waals surface area contributed by atoms with Gasteiger partial charge in [-0.2, -0.15) is 10.4 Å². The fraction of sp³-hybridized carbons (Fsp3) is 0.0909. The van der Waals surface area contributed by atoms with Crippen molar-refractivity contribution in [2.45, 2.75) is 13.5 Å². The summed E-state index contributed by atoms with van der Waals surface area (Å²) in [5, 5.41) is 14.1. The molecule has 0 aliphatic rings. The summed E-state index contributed by atoms with van der Waals surface area (Å²) in [4.78, 5) is 18.7. The van der Waals surface area contributed by atoms with E-state index < -0.39 is 0 Å². The van der Waals surface area contributed by atoms with Crippen molar-refractivity contribution in [2.75, 3.05) is 4.90 Å². The Kier molecular flexibility index (Phi) is 5.18. The van der Waals surface area contributed by atoms with Crippen LogP contribution in [0.3, 0.4) is 0 Å². The molecule has 142 valence electrons. The molecule has 2 heterocycles. The summed E-state index contributed by atoms with van der Waals surface area (Å²) in [5.41, 5.74) is 3.99. The van der Waals surface area contributed by atoms with E-state index in [0.717, 1.165) is 33.2 Å². The molecule has 2 aromatic carbocycles. The largest absolute Gasteiger partial charge is 0.313 e. The molecule has 0 bridgehead atoms. The number of aldehydes is 1. The van der Waals surface area contributed by atoms with Gasteiger partial charge in [0.1, 0.15) is 5.69 Å². The minimum absolute atomic E-state index is 0.453. The molecule has 2 aromatic heterocycles. The van der Waals surface area contributed by atoms with Crippen molar-refractivity contribution in [1.82, 2.24) is 14.8 Å². The van der Waals surface area contributed by atoms with E-state index in [4.69, 9.17) is 5.26 Å². The maximum atomic E-state index is 11.3. The van der Waals surface area contributed by atoms with Gasteiger partial charge in [0.25, 0.3) is 0 Å². The van der Waals surface area contributed by atoms with Gasteiger partial charge in [0.2, 0.25) is 0 Å². The number of benzene rings is 2. The first-order chi connectivity index (χ1) is 14.2. The molecule has 0 spiro atoms. The lowest BCUT2D eigenvalue weighted by molar-refractivity contribution is 0.111. The fourth-order valence-electron chi connectivity index (χ4n) is 3.01. The molecule has 0 aliphatic heterocycles. The van der Waals surface area contributed by atoms with Gasteiger partial charge in [-0.05, 0) is 55.0 Å². The summed E-state index contributed by atoms with van der Waals surface area (Å²) in [5.74, 6) is 0. The SMILES string of the molecule is Cc1sc(N(Cc2cccc(-n3cccn3)c2)c2ccc(C#N)cc2)nc1C=O. The van der Waals surface area contributed by atoms with Crippen LogP contribution in [0.5, 0.6) is 0 Å². The third kappa shape index (κ3) is 3.93. The second-order valence-corrected chi connectivity index (χ2v) is 7.60. The van der Waals surface area contributed by atoms with Crippen LogP contribution in [-0.2, 0) is 6.54 Å². The number of nitrogens with zero attached hydrogens (tertiary/aromatic N) is 5. The Morgan fingerprint density at radius 3 is 2.69 bits per heavy atom. The Morgan fingerprint density at radius 2 is 2.03 bits per heavy atom. The zero-order valence-electron chi connectivity index (χ0n) is 15.7. The second kappa shape index (κ2) is 8.09. The molecule has 7 heteroatoms. The maximum Gasteiger partial charge on any atom is 0.191 e. The lowest BCUT2D eigenvalue weighted by Crippen LogP contribution is -2.16. The van der Waals surface area contributed by atoms with E-state index in [9.17, 15) is 4.79 Å². The molecule has 0 amide bonds. The lowest BCUT2D eigenvalue weighted by Gasteiger charge is -2.22. The predicted octanol–water partition coefficient (Wildman–Crippen LogP) is 4.66. The van der Waals surface area contributed by atoms with Crippen molar-refractivity contribution in [3.05, 3.63) is 88.7 Å². The van der Waals surface area contributed by atoms with Gasteiger partial charge in [-0.3, -0.25) is 4.79 Å². The van der Waals surface area contributed by atoms with E-state index in [2.05, 4.69) is 22.2 Å². The Hall–Kier alpha value is -3.76. The zero-order valence-corrected chi connectivity index (χ0v) is 16.5. The average molecular weight is 399 g/mol. The number of thiazole rings is 1. The summed E-state index contributed by atoms with van der Waals surface area (Å²) in [6.07, 6.45) is 4.43. The van der Waals surface area contributed by atoms with Gasteiger partial charge in [0, 0.05) is 23.0 Å². The van der Waals surface area contributed by atoms with Crippen molar-refractivity contribution in [3.8, 4) is 11.8 Å². The van der Waals surface area contributed by atoms with Gasteiger partial charge < -0.3 is 4.90 Å². The van der Waals surface area contributed by atoms with Gasteiger partial charge in [0.15, 0.2) is 11.4 Å². The summed E-state index contributed by atoms with van der Waals surface area (Å²) in [6.45, 7) is 2.45. The van der Waals surface area contributed by atoms with Gasteiger partial charge in [-0.1, -0.05) is 12.1 Å². The number of aryl methyl sites for hydroxylation is 1. The highest BCUT2D eigenvalue weighted by Crippen LogP contribution is 2.33. The van der Waals surface area contributed by atoms with Gasteiger partial charge in [-0.25, -0.2) is 9.67 Å². The fourth-order valence-corrected chi connectivity index (χ4v) is 3.90. The minimum atomic E-state index is 0.453. The highest BCUT2D eigenvalue weighted by Gasteiger charge is 2.17. The number of hydrogen-bond donors (Lipinski definition) is 0. The van der Waals surface area contributed by atoms with Crippen LogP contribution < -0.4 is 4.90 Å². The van der Waals surface area contributed by atoms with Crippen LogP contribution in [0, 0.1) is 18.3 Å². The average Bonchev–Trinajstić information content (AvgIpc) is 3.42. The molecule has 4 rings (SSSR count). The molecular formula is C22H17N5OS. The Bertz CT molecular complexity index is 1170. The van der Waals surface area contributed by atoms with Gasteiger partial charge in [0.05, 0.1) is 23.9 Å². The molecule has 0 radical (unpaired) electrons. The summed E-state index contributed by atoms with van der Waals surface area (Å²) in [6, 6.07) is 19.5. The lowest BCUT2D eigenvalue weighted by atomic mass is 10.1. The Balaban J connectivity index is 1.73. The van der Waals surface area contributed by atoms with Crippen molar-refractivity contribution in [2.24, 2.45) is 0 Å². The smallest absolute Gasteiger partial charge is 0.191 e. The first-order valence-electron chi connectivity index (χ1n) is 8.97. The molecule has 6 nitrogen and oxygen atoms in total.